The van der Waals surface area contributed by atoms with Crippen molar-refractivity contribution in [2.75, 3.05) is 23.4 Å². The van der Waals surface area contributed by atoms with Crippen LogP contribution in [0.5, 0.6) is 5.75 Å². The van der Waals surface area contributed by atoms with E-state index in [9.17, 15) is 19.5 Å². The van der Waals surface area contributed by atoms with Crippen LogP contribution in [0.4, 0.5) is 11.4 Å². The number of benzene rings is 5. The van der Waals surface area contributed by atoms with Gasteiger partial charge in [-0.25, -0.2) is 9.78 Å². The number of anilines is 2. The van der Waals surface area contributed by atoms with Crippen LogP contribution in [0.15, 0.2) is 146 Å². The quantitative estimate of drug-likeness (QED) is 0.128. The first-order chi connectivity index (χ1) is 23.5. The maximum Gasteiger partial charge on any atom is 0.326 e. The lowest BCUT2D eigenvalue weighted by Gasteiger charge is -2.23. The average Bonchev–Trinajstić information content (AvgIpc) is 3.14. The molecule has 8 nitrogen and oxygen atoms in total. The lowest BCUT2D eigenvalue weighted by Crippen LogP contribution is -2.35. The summed E-state index contributed by atoms with van der Waals surface area (Å²) in [4.78, 5) is 45.3. The first kappa shape index (κ1) is 31.7. The normalized spacial score (nSPS) is 11.4. The number of para-hydroxylation sites is 3. The molecular formula is C40H33N3O5. The van der Waals surface area contributed by atoms with Gasteiger partial charge in [-0.3, -0.25) is 9.59 Å². The van der Waals surface area contributed by atoms with E-state index in [1.165, 1.54) is 0 Å². The van der Waals surface area contributed by atoms with Crippen LogP contribution in [-0.2, 0) is 11.2 Å². The van der Waals surface area contributed by atoms with Crippen LogP contribution in [0, 0.1) is 0 Å². The molecule has 2 N–H and O–H groups in total. The summed E-state index contributed by atoms with van der Waals surface area (Å²) in [7, 11) is 0. The summed E-state index contributed by atoms with van der Waals surface area (Å²) >= 11 is 0. The Morgan fingerprint density at radius 3 is 2.15 bits per heavy atom. The smallest absolute Gasteiger partial charge is 0.326 e. The molecule has 238 valence electrons. The number of hydrogen-bond donors (Lipinski definition) is 2. The monoisotopic (exact) mass is 635 g/mol. The van der Waals surface area contributed by atoms with Gasteiger partial charge in [0.05, 0.1) is 12.1 Å². The fourth-order valence-electron chi connectivity index (χ4n) is 5.43. The predicted octanol–water partition coefficient (Wildman–Crippen LogP) is 7.30. The van der Waals surface area contributed by atoms with Gasteiger partial charge >= 0.3 is 5.97 Å². The number of carbonyl (C=O) groups excluding carboxylic acids is 2. The van der Waals surface area contributed by atoms with Crippen molar-refractivity contribution < 1.29 is 24.2 Å². The van der Waals surface area contributed by atoms with Crippen LogP contribution >= 0.6 is 0 Å². The van der Waals surface area contributed by atoms with Crippen molar-refractivity contribution in [1.29, 1.82) is 0 Å². The number of nitrogens with zero attached hydrogens (tertiary/aromatic N) is 2. The largest absolute Gasteiger partial charge is 0.492 e. The highest BCUT2D eigenvalue weighted by Gasteiger charge is 2.22. The third-order valence-corrected chi connectivity index (χ3v) is 7.91. The number of fused-ring (bicyclic) bond motifs is 1. The number of aromatic nitrogens is 1. The topological polar surface area (TPSA) is 109 Å². The molecule has 1 amide bonds. The van der Waals surface area contributed by atoms with E-state index in [1.807, 2.05) is 78.9 Å². The van der Waals surface area contributed by atoms with Gasteiger partial charge in [-0.15, -0.1) is 0 Å². The summed E-state index contributed by atoms with van der Waals surface area (Å²) in [5, 5.41) is 14.1. The minimum absolute atomic E-state index is 0.179. The van der Waals surface area contributed by atoms with Gasteiger partial charge < -0.3 is 20.1 Å². The zero-order valence-electron chi connectivity index (χ0n) is 26.0. The van der Waals surface area contributed by atoms with Crippen LogP contribution in [0.2, 0.25) is 0 Å². The zero-order chi connectivity index (χ0) is 33.3. The van der Waals surface area contributed by atoms with E-state index >= 15 is 0 Å². The van der Waals surface area contributed by atoms with Gasteiger partial charge in [-0.1, -0.05) is 97.1 Å². The number of pyridine rings is 1. The second kappa shape index (κ2) is 14.9. The van der Waals surface area contributed by atoms with E-state index in [0.29, 0.717) is 28.3 Å². The molecule has 8 heteroatoms. The molecule has 0 aliphatic heterocycles. The molecule has 0 aliphatic rings. The standard InChI is InChI=1S/C40H33N3O5/c44-38(30-12-3-1-4-13-30)33-16-8-10-18-35(33)42-37(40(46)47)27-28-19-22-32(23-20-28)48-26-25-43(31-14-5-2-6-15-31)39(45)36-24-21-29-11-7-9-17-34(29)41-36/h1-24,37,42H,25-27H2,(H,46,47)/t37-/m0/s1. The van der Waals surface area contributed by atoms with Gasteiger partial charge in [-0.2, -0.15) is 0 Å². The molecular weight excluding hydrogens is 602 g/mol. The Hall–Kier alpha value is -6.28. The van der Waals surface area contributed by atoms with Crippen molar-refractivity contribution >= 4 is 39.9 Å². The Bertz CT molecular complexity index is 2030. The molecule has 1 heterocycles. The summed E-state index contributed by atoms with van der Waals surface area (Å²) in [6.07, 6.45) is 0.179. The van der Waals surface area contributed by atoms with E-state index in [0.717, 1.165) is 22.2 Å². The van der Waals surface area contributed by atoms with Gasteiger partial charge in [0.25, 0.3) is 5.91 Å². The average molecular weight is 636 g/mol. The Balaban J connectivity index is 1.10. The number of nitrogens with one attached hydrogen (secondary N) is 1. The van der Waals surface area contributed by atoms with Crippen molar-refractivity contribution in [3.8, 4) is 5.75 Å². The minimum Gasteiger partial charge on any atom is -0.492 e. The van der Waals surface area contributed by atoms with E-state index in [-0.39, 0.29) is 31.3 Å². The molecule has 1 aromatic heterocycles. The summed E-state index contributed by atoms with van der Waals surface area (Å²) in [6.45, 7) is 0.504. The Morgan fingerprint density at radius 2 is 1.40 bits per heavy atom. The molecule has 0 radical (unpaired) electrons. The Kier molecular flexibility index (Phi) is 9.82. The molecule has 6 rings (SSSR count). The number of ether oxygens (including phenoxy) is 1. The summed E-state index contributed by atoms with van der Waals surface area (Å²) < 4.78 is 6.02. The fourth-order valence-corrected chi connectivity index (χ4v) is 5.43. The second-order valence-corrected chi connectivity index (χ2v) is 11.2. The molecule has 0 fully saturated rings. The van der Waals surface area contributed by atoms with Crippen LogP contribution in [0.1, 0.15) is 32.0 Å². The van der Waals surface area contributed by atoms with Gasteiger partial charge in [0.2, 0.25) is 0 Å². The first-order valence-electron chi connectivity index (χ1n) is 15.6. The molecule has 5 aromatic carbocycles. The first-order valence-corrected chi connectivity index (χ1v) is 15.6. The van der Waals surface area contributed by atoms with Crippen LogP contribution in [0.3, 0.4) is 0 Å². The van der Waals surface area contributed by atoms with Crippen LogP contribution in [-0.4, -0.2) is 46.9 Å². The summed E-state index contributed by atoms with van der Waals surface area (Å²) in [5.74, 6) is -0.874. The highest BCUT2D eigenvalue weighted by atomic mass is 16.5. The number of aliphatic carboxylic acids is 1. The Morgan fingerprint density at radius 1 is 0.729 bits per heavy atom. The van der Waals surface area contributed by atoms with Crippen molar-refractivity contribution in [3.05, 3.63) is 168 Å². The maximum atomic E-state index is 13.6. The number of ketones is 1. The van der Waals surface area contributed by atoms with Gasteiger partial charge in [-0.05, 0) is 54.1 Å². The van der Waals surface area contributed by atoms with E-state index in [4.69, 9.17) is 4.74 Å². The number of hydrogen-bond acceptors (Lipinski definition) is 6. The van der Waals surface area contributed by atoms with Crippen molar-refractivity contribution in [3.63, 3.8) is 0 Å². The highest BCUT2D eigenvalue weighted by molar-refractivity contribution is 6.12. The lowest BCUT2D eigenvalue weighted by atomic mass is 10.00. The SMILES string of the molecule is O=C(c1ccccc1)c1ccccc1N[C@@H](Cc1ccc(OCCN(C(=O)c2ccc3ccccc3n2)c2ccccc2)cc1)C(=O)O. The third-order valence-electron chi connectivity index (χ3n) is 7.91. The fraction of sp³-hybridized carbons (Fsp3) is 0.100. The molecule has 0 saturated carbocycles. The van der Waals surface area contributed by atoms with Crippen LogP contribution < -0.4 is 15.0 Å². The third kappa shape index (κ3) is 7.57. The van der Waals surface area contributed by atoms with E-state index in [1.54, 1.807) is 71.6 Å². The molecule has 0 unspecified atom stereocenters. The van der Waals surface area contributed by atoms with Crippen molar-refractivity contribution in [1.82, 2.24) is 4.98 Å². The predicted molar refractivity (Wildman–Crippen MR) is 187 cm³/mol. The molecule has 0 bridgehead atoms. The summed E-state index contributed by atoms with van der Waals surface area (Å²) in [6, 6.07) is 42.7. The zero-order valence-corrected chi connectivity index (χ0v) is 26.0. The second-order valence-electron chi connectivity index (χ2n) is 11.2. The van der Waals surface area contributed by atoms with Crippen molar-refractivity contribution in [2.24, 2.45) is 0 Å². The number of carboxylic acids is 1. The highest BCUT2D eigenvalue weighted by Crippen LogP contribution is 2.23. The number of carbonyl (C=O) groups is 3. The van der Waals surface area contributed by atoms with E-state index < -0.39 is 12.0 Å². The molecule has 0 saturated heterocycles. The molecule has 48 heavy (non-hydrogen) atoms. The van der Waals surface area contributed by atoms with Gasteiger partial charge in [0.15, 0.2) is 5.78 Å². The minimum atomic E-state index is -1.04. The lowest BCUT2D eigenvalue weighted by molar-refractivity contribution is -0.137. The molecule has 6 aromatic rings. The maximum absolute atomic E-state index is 13.6. The molecule has 1 atom stereocenters. The Labute approximate surface area is 278 Å². The van der Waals surface area contributed by atoms with Crippen molar-refractivity contribution in [2.45, 2.75) is 12.5 Å². The molecule has 0 aliphatic carbocycles. The van der Waals surface area contributed by atoms with Crippen LogP contribution in [0.25, 0.3) is 10.9 Å². The number of rotatable bonds is 13. The van der Waals surface area contributed by atoms with Gasteiger partial charge in [0, 0.05) is 34.3 Å². The van der Waals surface area contributed by atoms with Gasteiger partial charge in [0.1, 0.15) is 24.1 Å². The van der Waals surface area contributed by atoms with E-state index in [2.05, 4.69) is 10.3 Å². The summed E-state index contributed by atoms with van der Waals surface area (Å²) in [5.41, 5.74) is 3.98. The number of carboxylic acid groups (broad SMARTS) is 1. The molecule has 0 spiro atoms. The number of amides is 1.